The van der Waals surface area contributed by atoms with Gasteiger partial charge in [-0.05, 0) is 56.2 Å². The molecule has 3 heterocycles. The van der Waals surface area contributed by atoms with Crippen molar-refractivity contribution in [3.05, 3.63) is 30.1 Å². The highest BCUT2D eigenvalue weighted by molar-refractivity contribution is 14.0. The predicted molar refractivity (Wildman–Crippen MR) is 136 cm³/mol. The third-order valence-corrected chi connectivity index (χ3v) is 6.05. The molecule has 0 saturated carbocycles. The SMILES string of the molecule is CN=C(NCC1CCCN(CC(C)C)C1)NC1CCN(Cc2ccccn2)CC1.I. The van der Waals surface area contributed by atoms with Crippen molar-refractivity contribution in [2.75, 3.05) is 46.3 Å². The first-order chi connectivity index (χ1) is 14.1. The Hall–Kier alpha value is -0.930. The molecule has 7 heteroatoms. The molecule has 0 bridgehead atoms. The monoisotopic (exact) mass is 528 g/mol. The number of rotatable bonds is 7. The molecular formula is C23H41IN6. The van der Waals surface area contributed by atoms with Crippen LogP contribution in [0.25, 0.3) is 0 Å². The Labute approximate surface area is 200 Å². The molecule has 6 nitrogen and oxygen atoms in total. The fraction of sp³-hybridized carbons (Fsp3) is 0.739. The minimum Gasteiger partial charge on any atom is -0.356 e. The molecule has 1 unspecified atom stereocenters. The smallest absolute Gasteiger partial charge is 0.191 e. The minimum absolute atomic E-state index is 0. The fourth-order valence-corrected chi connectivity index (χ4v) is 4.59. The lowest BCUT2D eigenvalue weighted by molar-refractivity contribution is 0.159. The summed E-state index contributed by atoms with van der Waals surface area (Å²) in [5.41, 5.74) is 1.16. The molecule has 0 aliphatic carbocycles. The number of aromatic nitrogens is 1. The maximum absolute atomic E-state index is 4.48. The zero-order chi connectivity index (χ0) is 20.5. The number of piperidine rings is 2. The van der Waals surface area contributed by atoms with Gasteiger partial charge in [0.25, 0.3) is 0 Å². The molecule has 2 N–H and O–H groups in total. The maximum atomic E-state index is 4.48. The molecule has 2 fully saturated rings. The molecule has 0 spiro atoms. The summed E-state index contributed by atoms with van der Waals surface area (Å²) in [6.45, 7) is 12.5. The first-order valence-electron chi connectivity index (χ1n) is 11.4. The highest BCUT2D eigenvalue weighted by atomic mass is 127. The van der Waals surface area contributed by atoms with Crippen LogP contribution in [0.3, 0.4) is 0 Å². The van der Waals surface area contributed by atoms with E-state index in [-0.39, 0.29) is 24.0 Å². The normalized spacial score (nSPS) is 22.0. The Morgan fingerprint density at radius 2 is 1.97 bits per heavy atom. The summed E-state index contributed by atoms with van der Waals surface area (Å²) >= 11 is 0. The van der Waals surface area contributed by atoms with Gasteiger partial charge in [0.15, 0.2) is 5.96 Å². The third-order valence-electron chi connectivity index (χ3n) is 6.05. The summed E-state index contributed by atoms with van der Waals surface area (Å²) in [6, 6.07) is 6.67. The average molecular weight is 529 g/mol. The Bertz CT molecular complexity index is 615. The number of likely N-dealkylation sites (tertiary alicyclic amines) is 2. The van der Waals surface area contributed by atoms with E-state index in [1.54, 1.807) is 0 Å². The predicted octanol–water partition coefficient (Wildman–Crippen LogP) is 3.20. The van der Waals surface area contributed by atoms with Gasteiger partial charge in [-0.1, -0.05) is 19.9 Å². The number of nitrogens with one attached hydrogen (secondary N) is 2. The highest BCUT2D eigenvalue weighted by Gasteiger charge is 2.22. The van der Waals surface area contributed by atoms with Crippen LogP contribution in [-0.4, -0.2) is 73.1 Å². The molecule has 0 amide bonds. The van der Waals surface area contributed by atoms with Crippen LogP contribution in [-0.2, 0) is 6.54 Å². The van der Waals surface area contributed by atoms with E-state index in [0.717, 1.165) is 62.5 Å². The van der Waals surface area contributed by atoms with Gasteiger partial charge < -0.3 is 15.5 Å². The number of aliphatic imine (C=N–C) groups is 1. The number of nitrogens with zero attached hydrogens (tertiary/aromatic N) is 4. The topological polar surface area (TPSA) is 55.8 Å². The molecule has 2 aliphatic rings. The van der Waals surface area contributed by atoms with Crippen LogP contribution in [0.5, 0.6) is 0 Å². The average Bonchev–Trinajstić information content (AvgIpc) is 2.73. The molecule has 1 aromatic rings. The maximum Gasteiger partial charge on any atom is 0.191 e. The van der Waals surface area contributed by atoms with Gasteiger partial charge in [0.2, 0.25) is 0 Å². The second-order valence-electron chi connectivity index (χ2n) is 9.13. The van der Waals surface area contributed by atoms with Crippen LogP contribution in [0, 0.1) is 11.8 Å². The largest absolute Gasteiger partial charge is 0.356 e. The van der Waals surface area contributed by atoms with Crippen molar-refractivity contribution in [2.24, 2.45) is 16.8 Å². The molecule has 0 radical (unpaired) electrons. The van der Waals surface area contributed by atoms with Crippen molar-refractivity contribution < 1.29 is 0 Å². The van der Waals surface area contributed by atoms with Gasteiger partial charge in [0.1, 0.15) is 0 Å². The number of hydrogen-bond donors (Lipinski definition) is 2. The van der Waals surface area contributed by atoms with Gasteiger partial charge in [-0.3, -0.25) is 14.9 Å². The summed E-state index contributed by atoms with van der Waals surface area (Å²) in [7, 11) is 1.89. The van der Waals surface area contributed by atoms with Crippen LogP contribution in [0.1, 0.15) is 45.2 Å². The lowest BCUT2D eigenvalue weighted by Crippen LogP contribution is -2.50. The van der Waals surface area contributed by atoms with Crippen LogP contribution in [0.15, 0.2) is 29.4 Å². The number of guanidine groups is 1. The first kappa shape index (κ1) is 25.3. The fourth-order valence-electron chi connectivity index (χ4n) is 4.59. The van der Waals surface area contributed by atoms with E-state index in [4.69, 9.17) is 0 Å². The Morgan fingerprint density at radius 3 is 2.63 bits per heavy atom. The molecule has 170 valence electrons. The second-order valence-corrected chi connectivity index (χ2v) is 9.13. The Kier molecular flexibility index (Phi) is 11.4. The second kappa shape index (κ2) is 13.5. The summed E-state index contributed by atoms with van der Waals surface area (Å²) in [5, 5.41) is 7.26. The zero-order valence-electron chi connectivity index (χ0n) is 19.0. The van der Waals surface area contributed by atoms with E-state index >= 15 is 0 Å². The molecule has 2 saturated heterocycles. The van der Waals surface area contributed by atoms with Crippen molar-refractivity contribution in [1.29, 1.82) is 0 Å². The van der Waals surface area contributed by atoms with Crippen molar-refractivity contribution in [1.82, 2.24) is 25.4 Å². The minimum atomic E-state index is 0. The number of pyridine rings is 1. The van der Waals surface area contributed by atoms with Crippen molar-refractivity contribution in [3.63, 3.8) is 0 Å². The van der Waals surface area contributed by atoms with Crippen LogP contribution < -0.4 is 10.6 Å². The number of halogens is 1. The van der Waals surface area contributed by atoms with E-state index in [1.165, 1.54) is 32.5 Å². The molecule has 1 aromatic heterocycles. The molecule has 3 rings (SSSR count). The van der Waals surface area contributed by atoms with Crippen LogP contribution in [0.2, 0.25) is 0 Å². The van der Waals surface area contributed by atoms with Gasteiger partial charge in [0.05, 0.1) is 5.69 Å². The van der Waals surface area contributed by atoms with Gasteiger partial charge in [-0.25, -0.2) is 0 Å². The van der Waals surface area contributed by atoms with Crippen LogP contribution >= 0.6 is 24.0 Å². The van der Waals surface area contributed by atoms with E-state index in [9.17, 15) is 0 Å². The van der Waals surface area contributed by atoms with Crippen LogP contribution in [0.4, 0.5) is 0 Å². The quantitative estimate of drug-likeness (QED) is 0.324. The lowest BCUT2D eigenvalue weighted by Gasteiger charge is -2.35. The lowest BCUT2D eigenvalue weighted by atomic mass is 9.97. The summed E-state index contributed by atoms with van der Waals surface area (Å²) in [4.78, 5) is 14.1. The van der Waals surface area contributed by atoms with Crippen molar-refractivity contribution in [2.45, 2.75) is 52.1 Å². The molecule has 2 aliphatic heterocycles. The molecule has 0 aromatic carbocycles. The third kappa shape index (κ3) is 8.67. The number of hydrogen-bond acceptors (Lipinski definition) is 4. The summed E-state index contributed by atoms with van der Waals surface area (Å²) in [6.07, 6.45) is 6.83. The standard InChI is InChI=1S/C23H40N6.HI/c1-19(2)16-29-12-6-7-20(17-29)15-26-23(24-3)27-21-9-13-28(14-10-21)18-22-8-4-5-11-25-22;/h4-5,8,11,19-21H,6-7,9-10,12-18H2,1-3H3,(H2,24,26,27);1H. The summed E-state index contributed by atoms with van der Waals surface area (Å²) < 4.78 is 0. The van der Waals surface area contributed by atoms with E-state index in [0.29, 0.717) is 6.04 Å². The molecule has 1 atom stereocenters. The zero-order valence-corrected chi connectivity index (χ0v) is 21.3. The Balaban J connectivity index is 0.00000320. The van der Waals surface area contributed by atoms with Gasteiger partial charge in [-0.15, -0.1) is 24.0 Å². The first-order valence-corrected chi connectivity index (χ1v) is 11.4. The molecule has 30 heavy (non-hydrogen) atoms. The van der Waals surface area contributed by atoms with Crippen molar-refractivity contribution >= 4 is 29.9 Å². The van der Waals surface area contributed by atoms with Crippen molar-refractivity contribution in [3.8, 4) is 0 Å². The van der Waals surface area contributed by atoms with Gasteiger partial charge >= 0.3 is 0 Å². The van der Waals surface area contributed by atoms with E-state index in [2.05, 4.69) is 56.4 Å². The van der Waals surface area contributed by atoms with E-state index in [1.807, 2.05) is 19.3 Å². The van der Waals surface area contributed by atoms with Gasteiger partial charge in [0, 0.05) is 58.6 Å². The molecular weight excluding hydrogens is 487 g/mol. The van der Waals surface area contributed by atoms with Gasteiger partial charge in [-0.2, -0.15) is 0 Å². The summed E-state index contributed by atoms with van der Waals surface area (Å²) in [5.74, 6) is 2.44. The Morgan fingerprint density at radius 1 is 1.17 bits per heavy atom. The highest BCUT2D eigenvalue weighted by Crippen LogP contribution is 2.17. The van der Waals surface area contributed by atoms with E-state index < -0.39 is 0 Å².